The van der Waals surface area contributed by atoms with Crippen molar-refractivity contribution in [1.82, 2.24) is 0 Å². The van der Waals surface area contributed by atoms with E-state index in [0.717, 1.165) is 16.7 Å². The molecule has 0 aliphatic carbocycles. The number of aryl methyl sites for hydroxylation is 1. The Morgan fingerprint density at radius 3 is 2.81 bits per heavy atom. The van der Waals surface area contributed by atoms with Crippen molar-refractivity contribution < 1.29 is 23.4 Å². The molecule has 0 fully saturated rings. The van der Waals surface area contributed by atoms with E-state index < -0.39 is 5.92 Å². The van der Waals surface area contributed by atoms with Crippen LogP contribution < -0.4 is 14.2 Å². The summed E-state index contributed by atoms with van der Waals surface area (Å²) in [5.41, 5.74) is 1.83. The van der Waals surface area contributed by atoms with Gasteiger partial charge in [0, 0.05) is 17.4 Å². The molecule has 2 aromatic carbocycles. The molecule has 136 valence electrons. The number of methoxy groups -OCH3 is 1. The quantitative estimate of drug-likeness (QED) is 0.627. The van der Waals surface area contributed by atoms with Gasteiger partial charge in [0.1, 0.15) is 5.76 Å². The first-order valence-electron chi connectivity index (χ1n) is 8.50. The summed E-state index contributed by atoms with van der Waals surface area (Å²) in [6.45, 7) is 1.99. The van der Waals surface area contributed by atoms with Crippen molar-refractivity contribution in [2.75, 3.05) is 13.9 Å². The third-order valence-corrected chi connectivity index (χ3v) is 4.64. The highest BCUT2D eigenvalue weighted by Gasteiger charge is 2.23. The fourth-order valence-electron chi connectivity index (χ4n) is 3.31. The van der Waals surface area contributed by atoms with Crippen molar-refractivity contribution in [3.05, 3.63) is 53.3 Å². The van der Waals surface area contributed by atoms with Crippen LogP contribution in [0.5, 0.6) is 17.2 Å². The Morgan fingerprint density at radius 2 is 2.04 bits per heavy atom. The first-order valence-corrected chi connectivity index (χ1v) is 8.50. The van der Waals surface area contributed by atoms with Gasteiger partial charge in [0.25, 0.3) is 0 Å². The minimum Gasteiger partial charge on any atom is -0.493 e. The maximum absolute atomic E-state index is 12.8. The van der Waals surface area contributed by atoms with Crippen molar-refractivity contribution in [2.24, 2.45) is 0 Å². The Kier molecular flexibility index (Phi) is 4.21. The van der Waals surface area contributed by atoms with Gasteiger partial charge >= 0.3 is 0 Å². The van der Waals surface area contributed by atoms with Gasteiger partial charge in [-0.15, -0.1) is 0 Å². The average Bonchev–Trinajstić information content (AvgIpc) is 3.30. The summed E-state index contributed by atoms with van der Waals surface area (Å²) in [4.78, 5) is 12.8. The van der Waals surface area contributed by atoms with Crippen LogP contribution in [0.15, 0.2) is 40.8 Å². The van der Waals surface area contributed by atoms with Gasteiger partial charge in [0.2, 0.25) is 6.79 Å². The van der Waals surface area contributed by atoms with Gasteiger partial charge in [-0.3, -0.25) is 4.79 Å². The summed E-state index contributed by atoms with van der Waals surface area (Å²) in [5.74, 6) is 1.74. The molecule has 0 spiro atoms. The van der Waals surface area contributed by atoms with Gasteiger partial charge in [-0.25, -0.2) is 0 Å². The van der Waals surface area contributed by atoms with Crippen LogP contribution in [0.1, 0.15) is 34.0 Å². The van der Waals surface area contributed by atoms with E-state index in [4.69, 9.17) is 18.6 Å². The van der Waals surface area contributed by atoms with Crippen molar-refractivity contribution in [3.63, 3.8) is 0 Å². The van der Waals surface area contributed by atoms with Gasteiger partial charge in [-0.05, 0) is 42.8 Å². The Balaban J connectivity index is 1.66. The third-order valence-electron chi connectivity index (χ3n) is 4.64. The Labute approximate surface area is 155 Å². The molecule has 27 heavy (non-hydrogen) atoms. The number of nitrogens with zero attached hydrogens (tertiary/aromatic N) is 1. The SMILES string of the molecule is COc1ccc(C(C#N)CC(=O)c2ccc3c(c2)OCO3)c2cc(C)oc12. The van der Waals surface area contributed by atoms with E-state index in [-0.39, 0.29) is 19.0 Å². The number of carbonyl (C=O) groups is 1. The van der Waals surface area contributed by atoms with E-state index in [2.05, 4.69) is 6.07 Å². The van der Waals surface area contributed by atoms with Gasteiger partial charge in [0.15, 0.2) is 28.6 Å². The van der Waals surface area contributed by atoms with E-state index in [0.29, 0.717) is 28.4 Å². The number of ketones is 1. The average molecular weight is 363 g/mol. The second-order valence-electron chi connectivity index (χ2n) is 6.33. The molecule has 2 heterocycles. The van der Waals surface area contributed by atoms with Gasteiger partial charge < -0.3 is 18.6 Å². The lowest BCUT2D eigenvalue weighted by Crippen LogP contribution is -2.07. The van der Waals surface area contributed by atoms with Crippen molar-refractivity contribution in [1.29, 1.82) is 5.26 Å². The predicted octanol–water partition coefficient (Wildman–Crippen LogP) is 4.36. The van der Waals surface area contributed by atoms with Gasteiger partial charge in [0.05, 0.1) is 19.1 Å². The number of carbonyl (C=O) groups excluding carboxylic acids is 1. The number of fused-ring (bicyclic) bond motifs is 2. The number of furan rings is 1. The molecule has 1 unspecified atom stereocenters. The molecule has 4 rings (SSSR count). The summed E-state index contributed by atoms with van der Waals surface area (Å²) >= 11 is 0. The maximum Gasteiger partial charge on any atom is 0.231 e. The molecule has 0 saturated heterocycles. The molecule has 3 aromatic rings. The number of rotatable bonds is 5. The van der Waals surface area contributed by atoms with Crippen LogP contribution in [-0.2, 0) is 0 Å². The topological polar surface area (TPSA) is 81.7 Å². The van der Waals surface area contributed by atoms with Gasteiger partial charge in [-0.1, -0.05) is 6.07 Å². The smallest absolute Gasteiger partial charge is 0.231 e. The van der Waals surface area contributed by atoms with Crippen LogP contribution in [-0.4, -0.2) is 19.7 Å². The number of Topliss-reactive ketones (excluding diaryl/α,β-unsaturated/α-hetero) is 1. The highest BCUT2D eigenvalue weighted by Crippen LogP contribution is 2.37. The van der Waals surface area contributed by atoms with Crippen LogP contribution in [0.3, 0.4) is 0 Å². The molecule has 6 heteroatoms. The molecule has 0 amide bonds. The maximum atomic E-state index is 12.8. The summed E-state index contributed by atoms with van der Waals surface area (Å²) in [7, 11) is 1.57. The zero-order valence-corrected chi connectivity index (χ0v) is 14.9. The number of hydrogen-bond acceptors (Lipinski definition) is 6. The Bertz CT molecular complexity index is 1080. The number of ether oxygens (including phenoxy) is 3. The van der Waals surface area contributed by atoms with E-state index in [1.54, 1.807) is 31.4 Å². The normalized spacial score (nSPS) is 13.4. The van der Waals surface area contributed by atoms with Crippen LogP contribution in [0.25, 0.3) is 11.0 Å². The predicted molar refractivity (Wildman–Crippen MR) is 97.4 cm³/mol. The Morgan fingerprint density at radius 1 is 1.22 bits per heavy atom. The van der Waals surface area contributed by atoms with Crippen molar-refractivity contribution >= 4 is 16.8 Å². The fraction of sp³-hybridized carbons (Fsp3) is 0.238. The minimum atomic E-state index is -0.603. The summed E-state index contributed by atoms with van der Waals surface area (Å²) < 4.78 is 21.6. The van der Waals surface area contributed by atoms with E-state index in [1.165, 1.54) is 0 Å². The highest BCUT2D eigenvalue weighted by atomic mass is 16.7. The zero-order valence-electron chi connectivity index (χ0n) is 14.9. The molecule has 0 bridgehead atoms. The first-order chi connectivity index (χ1) is 13.1. The molecule has 1 aliphatic rings. The number of hydrogen-bond donors (Lipinski definition) is 0. The molecule has 0 radical (unpaired) electrons. The van der Waals surface area contributed by atoms with E-state index in [1.807, 2.05) is 19.1 Å². The van der Waals surface area contributed by atoms with Crippen molar-refractivity contribution in [2.45, 2.75) is 19.3 Å². The highest BCUT2D eigenvalue weighted by molar-refractivity contribution is 5.98. The van der Waals surface area contributed by atoms with Crippen LogP contribution in [0.4, 0.5) is 0 Å². The second-order valence-corrected chi connectivity index (χ2v) is 6.33. The van der Waals surface area contributed by atoms with Crippen molar-refractivity contribution in [3.8, 4) is 23.3 Å². The molecular weight excluding hydrogens is 346 g/mol. The van der Waals surface area contributed by atoms with E-state index >= 15 is 0 Å². The Hall–Kier alpha value is -3.46. The summed E-state index contributed by atoms with van der Waals surface area (Å²) in [6, 6.07) is 12.7. The molecule has 1 atom stereocenters. The number of benzene rings is 2. The lowest BCUT2D eigenvalue weighted by molar-refractivity contribution is 0.0978. The lowest BCUT2D eigenvalue weighted by atomic mass is 9.90. The summed E-state index contributed by atoms with van der Waals surface area (Å²) in [5, 5.41) is 10.5. The largest absolute Gasteiger partial charge is 0.493 e. The van der Waals surface area contributed by atoms with Crippen LogP contribution in [0.2, 0.25) is 0 Å². The molecule has 0 saturated carbocycles. The molecule has 1 aliphatic heterocycles. The van der Waals surface area contributed by atoms with Crippen LogP contribution >= 0.6 is 0 Å². The standard InChI is InChI=1S/C21H17NO5/c1-12-7-16-15(4-6-19(24-2)21(16)27-12)14(10-22)8-17(23)13-3-5-18-20(9-13)26-11-25-18/h3-7,9,14H,8,11H2,1-2H3. The molecule has 0 N–H and O–H groups in total. The molecule has 1 aromatic heterocycles. The lowest BCUT2D eigenvalue weighted by Gasteiger charge is -2.11. The fourth-order valence-corrected chi connectivity index (χ4v) is 3.31. The molecular formula is C21H17NO5. The number of nitriles is 1. The third kappa shape index (κ3) is 2.97. The second kappa shape index (κ2) is 6.69. The van der Waals surface area contributed by atoms with Gasteiger partial charge in [-0.2, -0.15) is 5.26 Å². The molecule has 6 nitrogen and oxygen atoms in total. The summed E-state index contributed by atoms with van der Waals surface area (Å²) in [6.07, 6.45) is 0.0573. The monoisotopic (exact) mass is 363 g/mol. The van der Waals surface area contributed by atoms with Crippen LogP contribution in [0, 0.1) is 18.3 Å². The zero-order chi connectivity index (χ0) is 19.0. The minimum absolute atomic E-state index is 0.0573. The van der Waals surface area contributed by atoms with E-state index in [9.17, 15) is 10.1 Å². The first kappa shape index (κ1) is 17.0.